The number of nitrogens with one attached hydrogen (secondary N) is 2. The van der Waals surface area contributed by atoms with Crippen molar-refractivity contribution in [3.63, 3.8) is 0 Å². The zero-order chi connectivity index (χ0) is 22.5. The van der Waals surface area contributed by atoms with Crippen molar-refractivity contribution in [2.45, 2.75) is 6.42 Å². The molecule has 166 valence electrons. The molecule has 0 unspecified atom stereocenters. The van der Waals surface area contributed by atoms with Crippen molar-refractivity contribution < 1.29 is 9.59 Å². The average molecular weight is 491 g/mol. The van der Waals surface area contributed by atoms with Crippen LogP contribution in [0.5, 0.6) is 0 Å². The number of hydrogen-bond donors (Lipinski definition) is 2. The third-order valence-electron chi connectivity index (χ3n) is 4.79. The van der Waals surface area contributed by atoms with E-state index in [2.05, 4.69) is 25.5 Å². The fourth-order valence-electron chi connectivity index (χ4n) is 3.29. The second kappa shape index (κ2) is 10.2. The number of carbonyl (C=O) groups is 2. The molecule has 32 heavy (non-hydrogen) atoms. The minimum absolute atomic E-state index is 0.0687. The Balaban J connectivity index is 1.26. The van der Waals surface area contributed by atoms with Gasteiger partial charge in [0.15, 0.2) is 5.13 Å². The lowest BCUT2D eigenvalue weighted by Crippen LogP contribution is -2.50. The first-order chi connectivity index (χ1) is 15.5. The Morgan fingerprint density at radius 2 is 1.78 bits per heavy atom. The van der Waals surface area contributed by atoms with Gasteiger partial charge in [0, 0.05) is 53.5 Å². The highest BCUT2D eigenvalue weighted by Crippen LogP contribution is 2.23. The maximum atomic E-state index is 12.6. The van der Waals surface area contributed by atoms with Crippen LogP contribution in [0.25, 0.3) is 0 Å². The summed E-state index contributed by atoms with van der Waals surface area (Å²) in [7, 11) is 0. The molecule has 3 aromatic rings. The van der Waals surface area contributed by atoms with Crippen LogP contribution in [0.1, 0.15) is 5.69 Å². The molecule has 1 aromatic carbocycles. The average Bonchev–Trinajstić information content (AvgIpc) is 3.20. The van der Waals surface area contributed by atoms with E-state index in [9.17, 15) is 9.59 Å². The lowest BCUT2D eigenvalue weighted by Gasteiger charge is -2.35. The van der Waals surface area contributed by atoms with E-state index in [4.69, 9.17) is 23.2 Å². The van der Waals surface area contributed by atoms with E-state index in [0.29, 0.717) is 52.7 Å². The number of nitrogens with zero attached hydrogens (tertiary/aromatic N) is 4. The van der Waals surface area contributed by atoms with Crippen molar-refractivity contribution >= 4 is 63.1 Å². The second-order valence-corrected chi connectivity index (χ2v) is 8.85. The number of thiazole rings is 1. The van der Waals surface area contributed by atoms with Crippen LogP contribution in [0, 0.1) is 0 Å². The summed E-state index contributed by atoms with van der Waals surface area (Å²) in [5.74, 6) is 0.660. The number of amides is 3. The summed E-state index contributed by atoms with van der Waals surface area (Å²) >= 11 is 13.2. The maximum Gasteiger partial charge on any atom is 0.323 e. The molecule has 0 bridgehead atoms. The molecule has 0 spiro atoms. The fraction of sp³-hybridized carbons (Fsp3) is 0.238. The molecule has 1 aliphatic heterocycles. The molecule has 8 nitrogen and oxygen atoms in total. The van der Waals surface area contributed by atoms with E-state index in [1.54, 1.807) is 34.7 Å². The number of benzene rings is 1. The standard InChI is InChI=1S/C21H20Cl2N6O2S/c22-14-9-15(23)11-16(10-14)25-19(30)12-17-13-32-20(26-17)27-21(31)29-7-5-28(6-8-29)18-3-1-2-4-24-18/h1-4,9-11,13H,5-8,12H2,(H,25,30)(H,26,27,31). The minimum Gasteiger partial charge on any atom is -0.353 e. The molecule has 1 aliphatic rings. The topological polar surface area (TPSA) is 90.5 Å². The highest BCUT2D eigenvalue weighted by Gasteiger charge is 2.22. The largest absolute Gasteiger partial charge is 0.353 e. The van der Waals surface area contributed by atoms with Crippen LogP contribution in [0.4, 0.5) is 21.4 Å². The van der Waals surface area contributed by atoms with Gasteiger partial charge in [0.05, 0.1) is 12.1 Å². The van der Waals surface area contributed by atoms with E-state index < -0.39 is 0 Å². The molecule has 3 heterocycles. The van der Waals surface area contributed by atoms with Gasteiger partial charge in [0.25, 0.3) is 0 Å². The molecule has 0 saturated carbocycles. The number of halogens is 2. The van der Waals surface area contributed by atoms with E-state index in [1.165, 1.54) is 11.3 Å². The molecule has 1 saturated heterocycles. The predicted molar refractivity (Wildman–Crippen MR) is 128 cm³/mol. The second-order valence-electron chi connectivity index (χ2n) is 7.12. The zero-order valence-corrected chi connectivity index (χ0v) is 19.3. The summed E-state index contributed by atoms with van der Waals surface area (Å²) < 4.78 is 0. The summed E-state index contributed by atoms with van der Waals surface area (Å²) in [5.41, 5.74) is 1.08. The Morgan fingerprint density at radius 1 is 1.03 bits per heavy atom. The minimum atomic E-state index is -0.253. The van der Waals surface area contributed by atoms with Crippen molar-refractivity contribution in [3.8, 4) is 0 Å². The molecule has 0 radical (unpaired) electrons. The van der Waals surface area contributed by atoms with Gasteiger partial charge in [-0.1, -0.05) is 29.3 Å². The third kappa shape index (κ3) is 5.87. The number of urea groups is 1. The number of rotatable bonds is 5. The monoisotopic (exact) mass is 490 g/mol. The highest BCUT2D eigenvalue weighted by atomic mass is 35.5. The van der Waals surface area contributed by atoms with Gasteiger partial charge < -0.3 is 15.1 Å². The van der Waals surface area contributed by atoms with Gasteiger partial charge in [0.1, 0.15) is 5.82 Å². The van der Waals surface area contributed by atoms with Crippen LogP contribution in [0.2, 0.25) is 10.0 Å². The number of anilines is 3. The van der Waals surface area contributed by atoms with Crippen LogP contribution in [0.3, 0.4) is 0 Å². The third-order valence-corrected chi connectivity index (χ3v) is 6.04. The molecule has 3 amide bonds. The van der Waals surface area contributed by atoms with Crippen LogP contribution >= 0.6 is 34.5 Å². The summed E-state index contributed by atoms with van der Waals surface area (Å²) in [6.07, 6.45) is 1.83. The quantitative estimate of drug-likeness (QED) is 0.553. The van der Waals surface area contributed by atoms with Crippen LogP contribution in [-0.4, -0.2) is 53.0 Å². The van der Waals surface area contributed by atoms with Crippen LogP contribution in [0.15, 0.2) is 48.0 Å². The van der Waals surface area contributed by atoms with Gasteiger partial charge in [-0.05, 0) is 30.3 Å². The van der Waals surface area contributed by atoms with Gasteiger partial charge >= 0.3 is 6.03 Å². The molecule has 0 aliphatic carbocycles. The summed E-state index contributed by atoms with van der Waals surface area (Å²) in [6, 6.07) is 10.4. The Kier molecular flexibility index (Phi) is 7.09. The van der Waals surface area contributed by atoms with E-state index in [1.807, 2.05) is 18.2 Å². The van der Waals surface area contributed by atoms with Gasteiger partial charge in [-0.2, -0.15) is 0 Å². The Morgan fingerprint density at radius 3 is 2.47 bits per heavy atom. The first-order valence-electron chi connectivity index (χ1n) is 9.88. The van der Waals surface area contributed by atoms with Gasteiger partial charge in [-0.15, -0.1) is 11.3 Å². The smallest absolute Gasteiger partial charge is 0.323 e. The Bertz CT molecular complexity index is 1080. The number of hydrogen-bond acceptors (Lipinski definition) is 6. The molecule has 4 rings (SSSR count). The fourth-order valence-corrected chi connectivity index (χ4v) is 4.52. The summed E-state index contributed by atoms with van der Waals surface area (Å²) in [5, 5.41) is 8.64. The number of piperazine rings is 1. The van der Waals surface area contributed by atoms with Gasteiger partial charge in [-0.3, -0.25) is 10.1 Å². The van der Waals surface area contributed by atoms with Crippen molar-refractivity contribution in [1.82, 2.24) is 14.9 Å². The predicted octanol–water partition coefficient (Wildman–Crippen LogP) is 4.38. The number of carbonyl (C=O) groups excluding carboxylic acids is 2. The lowest BCUT2D eigenvalue weighted by molar-refractivity contribution is -0.115. The van der Waals surface area contributed by atoms with E-state index >= 15 is 0 Å². The maximum absolute atomic E-state index is 12.6. The van der Waals surface area contributed by atoms with Gasteiger partial charge in [-0.25, -0.2) is 14.8 Å². The normalized spacial score (nSPS) is 13.7. The van der Waals surface area contributed by atoms with Crippen molar-refractivity contribution in [1.29, 1.82) is 0 Å². The molecule has 0 atom stereocenters. The lowest BCUT2D eigenvalue weighted by atomic mass is 10.3. The zero-order valence-electron chi connectivity index (χ0n) is 16.9. The van der Waals surface area contributed by atoms with Crippen molar-refractivity contribution in [2.24, 2.45) is 0 Å². The SMILES string of the molecule is O=C(Cc1csc(NC(=O)N2CCN(c3ccccn3)CC2)n1)Nc1cc(Cl)cc(Cl)c1. The van der Waals surface area contributed by atoms with Crippen LogP contribution < -0.4 is 15.5 Å². The molecule has 2 N–H and O–H groups in total. The molecule has 1 fully saturated rings. The highest BCUT2D eigenvalue weighted by molar-refractivity contribution is 7.13. The summed E-state index contributed by atoms with van der Waals surface area (Å²) in [6.45, 7) is 2.60. The first kappa shape index (κ1) is 22.3. The molecular formula is C21H20Cl2N6O2S. The van der Waals surface area contributed by atoms with Crippen molar-refractivity contribution in [2.75, 3.05) is 41.7 Å². The Hall–Kier alpha value is -2.88. The molecular weight excluding hydrogens is 471 g/mol. The number of aromatic nitrogens is 2. The summed E-state index contributed by atoms with van der Waals surface area (Å²) in [4.78, 5) is 37.5. The van der Waals surface area contributed by atoms with Crippen LogP contribution in [-0.2, 0) is 11.2 Å². The van der Waals surface area contributed by atoms with E-state index in [-0.39, 0.29) is 18.4 Å². The molecule has 11 heteroatoms. The van der Waals surface area contributed by atoms with Crippen molar-refractivity contribution in [3.05, 3.63) is 63.7 Å². The molecule has 2 aromatic heterocycles. The van der Waals surface area contributed by atoms with E-state index in [0.717, 1.165) is 5.82 Å². The first-order valence-corrected chi connectivity index (χ1v) is 11.5. The van der Waals surface area contributed by atoms with Gasteiger partial charge in [0.2, 0.25) is 5.91 Å². The number of pyridine rings is 1. The Labute approximate surface area is 199 Å².